The van der Waals surface area contributed by atoms with E-state index in [4.69, 9.17) is 4.74 Å². The molecule has 6 heteroatoms. The Kier molecular flexibility index (Phi) is 7.25. The number of fused-ring (bicyclic) bond motifs is 1. The number of nitrogens with zero attached hydrogens (tertiary/aromatic N) is 2. The number of rotatable bonds is 8. The van der Waals surface area contributed by atoms with Gasteiger partial charge in [-0.25, -0.2) is 5.43 Å². The van der Waals surface area contributed by atoms with E-state index in [1.807, 2.05) is 48.5 Å². The number of ether oxygens (including phenoxy) is 1. The molecule has 0 aliphatic heterocycles. The molecule has 0 spiro atoms. The van der Waals surface area contributed by atoms with Gasteiger partial charge in [-0.3, -0.25) is 4.79 Å². The largest absolute Gasteiger partial charge is 0.483 e. The van der Waals surface area contributed by atoms with Crippen LogP contribution < -0.4 is 15.1 Å². The zero-order valence-corrected chi connectivity index (χ0v) is 18.1. The topological polar surface area (TPSA) is 53.9 Å². The second-order valence-corrected chi connectivity index (χ2v) is 7.29. The maximum atomic E-state index is 12.1. The second-order valence-electron chi connectivity index (χ2n) is 6.44. The fourth-order valence-corrected chi connectivity index (χ4v) is 3.55. The number of hydrazone groups is 1. The summed E-state index contributed by atoms with van der Waals surface area (Å²) < 4.78 is 6.68. The van der Waals surface area contributed by atoms with Crippen molar-refractivity contribution in [3.8, 4) is 5.75 Å². The van der Waals surface area contributed by atoms with Crippen LogP contribution in [0.5, 0.6) is 5.75 Å². The van der Waals surface area contributed by atoms with E-state index in [2.05, 4.69) is 57.3 Å². The summed E-state index contributed by atoms with van der Waals surface area (Å²) in [6, 6.07) is 19.7. The maximum absolute atomic E-state index is 12.1. The van der Waals surface area contributed by atoms with Crippen LogP contribution in [0.4, 0.5) is 5.69 Å². The van der Waals surface area contributed by atoms with Crippen molar-refractivity contribution in [3.63, 3.8) is 0 Å². The number of hydrogen-bond donors (Lipinski definition) is 1. The van der Waals surface area contributed by atoms with Gasteiger partial charge in [-0.1, -0.05) is 52.3 Å². The number of hydrogen-bond acceptors (Lipinski definition) is 4. The lowest BCUT2D eigenvalue weighted by atomic mass is 10.1. The standard InChI is InChI=1S/C23H24BrN3O2/c1-3-27(4-2)18-11-9-17(10-12-18)15-25-26-23(28)16-29-22-14-13-21(24)19-7-5-6-8-20(19)22/h5-15H,3-4,16H2,1-2H3,(H,26,28)/b25-15-. The SMILES string of the molecule is CCN(CC)c1ccc(/C=N\NC(=O)COc2ccc(Br)c3ccccc23)cc1. The van der Waals surface area contributed by atoms with Gasteiger partial charge in [-0.05, 0) is 49.1 Å². The molecule has 0 aliphatic rings. The lowest BCUT2D eigenvalue weighted by Gasteiger charge is -2.20. The van der Waals surface area contributed by atoms with E-state index in [9.17, 15) is 4.79 Å². The normalized spacial score (nSPS) is 11.0. The molecule has 0 aliphatic carbocycles. The molecule has 3 aromatic rings. The van der Waals surface area contributed by atoms with Crippen molar-refractivity contribution in [1.29, 1.82) is 0 Å². The highest BCUT2D eigenvalue weighted by Gasteiger charge is 2.07. The molecule has 29 heavy (non-hydrogen) atoms. The van der Waals surface area contributed by atoms with Gasteiger partial charge in [0.25, 0.3) is 5.91 Å². The fraction of sp³-hybridized carbons (Fsp3) is 0.217. The first-order valence-corrected chi connectivity index (χ1v) is 10.4. The van der Waals surface area contributed by atoms with Crippen molar-refractivity contribution in [1.82, 2.24) is 5.43 Å². The van der Waals surface area contributed by atoms with E-state index in [-0.39, 0.29) is 12.5 Å². The predicted octanol–water partition coefficient (Wildman–Crippen LogP) is 4.98. The van der Waals surface area contributed by atoms with E-state index in [0.717, 1.165) is 33.9 Å². The average molecular weight is 454 g/mol. The fourth-order valence-electron chi connectivity index (χ4n) is 3.07. The van der Waals surface area contributed by atoms with Crippen LogP contribution in [0.3, 0.4) is 0 Å². The van der Waals surface area contributed by atoms with E-state index < -0.39 is 0 Å². The molecule has 150 valence electrons. The highest BCUT2D eigenvalue weighted by molar-refractivity contribution is 9.10. The lowest BCUT2D eigenvalue weighted by molar-refractivity contribution is -0.123. The highest BCUT2D eigenvalue weighted by Crippen LogP contribution is 2.31. The van der Waals surface area contributed by atoms with Gasteiger partial charge < -0.3 is 9.64 Å². The summed E-state index contributed by atoms with van der Waals surface area (Å²) in [5.41, 5.74) is 4.60. The van der Waals surface area contributed by atoms with Gasteiger partial charge in [-0.15, -0.1) is 0 Å². The summed E-state index contributed by atoms with van der Waals surface area (Å²) in [7, 11) is 0. The Bertz CT molecular complexity index is 999. The van der Waals surface area contributed by atoms with Crippen LogP contribution in [0, 0.1) is 0 Å². The van der Waals surface area contributed by atoms with Crippen molar-refractivity contribution in [3.05, 3.63) is 70.7 Å². The van der Waals surface area contributed by atoms with Crippen LogP contribution in [-0.2, 0) is 4.79 Å². The zero-order chi connectivity index (χ0) is 20.6. The van der Waals surface area contributed by atoms with Crippen LogP contribution in [0.2, 0.25) is 0 Å². The summed E-state index contributed by atoms with van der Waals surface area (Å²) in [4.78, 5) is 14.3. The first-order chi connectivity index (χ1) is 14.1. The summed E-state index contributed by atoms with van der Waals surface area (Å²) >= 11 is 3.53. The molecule has 3 rings (SSSR count). The number of anilines is 1. The summed E-state index contributed by atoms with van der Waals surface area (Å²) in [6.07, 6.45) is 1.62. The van der Waals surface area contributed by atoms with E-state index in [1.54, 1.807) is 6.21 Å². The molecular formula is C23H24BrN3O2. The minimum absolute atomic E-state index is 0.107. The molecule has 5 nitrogen and oxygen atoms in total. The number of carbonyl (C=O) groups excluding carboxylic acids is 1. The Hall–Kier alpha value is -2.86. The molecule has 0 saturated heterocycles. The van der Waals surface area contributed by atoms with Gasteiger partial charge in [0.15, 0.2) is 6.61 Å². The minimum atomic E-state index is -0.312. The number of amides is 1. The summed E-state index contributed by atoms with van der Waals surface area (Å²) in [5.74, 6) is 0.350. The van der Waals surface area contributed by atoms with Crippen LogP contribution in [-0.4, -0.2) is 31.8 Å². The smallest absolute Gasteiger partial charge is 0.277 e. The monoisotopic (exact) mass is 453 g/mol. The highest BCUT2D eigenvalue weighted by atomic mass is 79.9. The van der Waals surface area contributed by atoms with Gasteiger partial charge in [-0.2, -0.15) is 5.10 Å². The molecular weight excluding hydrogens is 430 g/mol. The van der Waals surface area contributed by atoms with Crippen LogP contribution >= 0.6 is 15.9 Å². The number of benzene rings is 3. The number of carbonyl (C=O) groups is 1. The second kappa shape index (κ2) is 10.1. The van der Waals surface area contributed by atoms with Crippen molar-refractivity contribution in [2.75, 3.05) is 24.6 Å². The van der Waals surface area contributed by atoms with Crippen LogP contribution in [0.15, 0.2) is 70.2 Å². The quantitative estimate of drug-likeness (QED) is 0.386. The molecule has 0 saturated carbocycles. The molecule has 0 aromatic heterocycles. The van der Waals surface area contributed by atoms with Crippen molar-refractivity contribution in [2.45, 2.75) is 13.8 Å². The van der Waals surface area contributed by atoms with E-state index in [1.165, 1.54) is 5.69 Å². The average Bonchev–Trinajstić information content (AvgIpc) is 2.75. The molecule has 0 bridgehead atoms. The zero-order valence-electron chi connectivity index (χ0n) is 16.6. The third-order valence-electron chi connectivity index (χ3n) is 4.61. The molecule has 1 N–H and O–H groups in total. The molecule has 0 unspecified atom stereocenters. The van der Waals surface area contributed by atoms with Crippen molar-refractivity contribution in [2.24, 2.45) is 5.10 Å². The summed E-state index contributed by atoms with van der Waals surface area (Å²) in [6.45, 7) is 6.09. The van der Waals surface area contributed by atoms with Gasteiger partial charge in [0.1, 0.15) is 5.75 Å². The molecule has 1 amide bonds. The van der Waals surface area contributed by atoms with E-state index >= 15 is 0 Å². The Morgan fingerprint density at radius 2 is 1.72 bits per heavy atom. The first kappa shape index (κ1) is 20.9. The molecule has 0 heterocycles. The van der Waals surface area contributed by atoms with Gasteiger partial charge >= 0.3 is 0 Å². The molecule has 0 atom stereocenters. The third kappa shape index (κ3) is 5.35. The lowest BCUT2D eigenvalue weighted by Crippen LogP contribution is -2.24. The van der Waals surface area contributed by atoms with Crippen LogP contribution in [0.25, 0.3) is 10.8 Å². The first-order valence-electron chi connectivity index (χ1n) is 9.59. The Morgan fingerprint density at radius 3 is 2.41 bits per heavy atom. The number of nitrogens with one attached hydrogen (secondary N) is 1. The van der Waals surface area contributed by atoms with E-state index in [0.29, 0.717) is 5.75 Å². The van der Waals surface area contributed by atoms with Gasteiger partial charge in [0, 0.05) is 28.6 Å². The maximum Gasteiger partial charge on any atom is 0.277 e. The van der Waals surface area contributed by atoms with Crippen LogP contribution in [0.1, 0.15) is 19.4 Å². The predicted molar refractivity (Wildman–Crippen MR) is 123 cm³/mol. The van der Waals surface area contributed by atoms with Crippen molar-refractivity contribution >= 4 is 44.5 Å². The molecule has 3 aromatic carbocycles. The third-order valence-corrected chi connectivity index (χ3v) is 5.31. The Balaban J connectivity index is 1.55. The Morgan fingerprint density at radius 1 is 1.03 bits per heavy atom. The summed E-state index contributed by atoms with van der Waals surface area (Å²) in [5, 5.41) is 6.01. The van der Waals surface area contributed by atoms with Crippen molar-refractivity contribution < 1.29 is 9.53 Å². The Labute approximate surface area is 179 Å². The minimum Gasteiger partial charge on any atom is -0.483 e. The molecule has 0 fully saturated rings. The number of halogens is 1. The van der Waals surface area contributed by atoms with Gasteiger partial charge in [0.05, 0.1) is 6.21 Å². The molecule has 0 radical (unpaired) electrons. The van der Waals surface area contributed by atoms with Gasteiger partial charge in [0.2, 0.25) is 0 Å².